The Morgan fingerprint density at radius 3 is 2.48 bits per heavy atom. The van der Waals surface area contributed by atoms with Crippen molar-refractivity contribution in [3.05, 3.63) is 76.1 Å². The largest absolute Gasteiger partial charge is 0.489 e. The number of hydrogen-bond donors (Lipinski definition) is 1. The summed E-state index contributed by atoms with van der Waals surface area (Å²) in [4.78, 5) is 24.5. The molecule has 1 heterocycles. The Bertz CT molecular complexity index is 1040. The smallest absolute Gasteiger partial charge is 0.311 e. The molecule has 7 nitrogen and oxygen atoms in total. The van der Waals surface area contributed by atoms with Gasteiger partial charge in [0.05, 0.1) is 28.4 Å². The number of ether oxygens (including phenoxy) is 2. The summed E-state index contributed by atoms with van der Waals surface area (Å²) in [7, 11) is 0. The molecular weight excluding hydrogens is 420 g/mol. The monoisotopic (exact) mass is 442 g/mol. The fourth-order valence-electron chi connectivity index (χ4n) is 2.82. The molecule has 0 aliphatic rings. The summed E-state index contributed by atoms with van der Waals surface area (Å²) in [6, 6.07) is 13.9. The summed E-state index contributed by atoms with van der Waals surface area (Å²) in [5, 5.41) is 6.95. The highest BCUT2D eigenvalue weighted by molar-refractivity contribution is 6.33. The molecule has 0 saturated heterocycles. The lowest BCUT2D eigenvalue weighted by Crippen LogP contribution is -2.30. The van der Waals surface area contributed by atoms with E-state index in [1.165, 1.54) is 6.92 Å². The number of carbonyl (C=O) groups excluding carboxylic acids is 2. The van der Waals surface area contributed by atoms with Gasteiger partial charge in [-0.3, -0.25) is 9.59 Å². The second kappa shape index (κ2) is 10.1. The van der Waals surface area contributed by atoms with Crippen LogP contribution in [0.1, 0.15) is 29.5 Å². The lowest BCUT2D eigenvalue weighted by molar-refractivity contribution is -0.152. The van der Waals surface area contributed by atoms with E-state index >= 15 is 0 Å². The van der Waals surface area contributed by atoms with Gasteiger partial charge in [0, 0.05) is 0 Å². The van der Waals surface area contributed by atoms with E-state index in [4.69, 9.17) is 25.6 Å². The number of para-hydroxylation sites is 1. The van der Waals surface area contributed by atoms with E-state index < -0.39 is 18.0 Å². The van der Waals surface area contributed by atoms with Crippen molar-refractivity contribution < 1.29 is 23.6 Å². The van der Waals surface area contributed by atoms with E-state index in [2.05, 4.69) is 10.5 Å². The fourth-order valence-corrected chi connectivity index (χ4v) is 3.01. The Morgan fingerprint density at radius 1 is 1.13 bits per heavy atom. The molecule has 2 aromatic carbocycles. The number of esters is 1. The third-order valence-corrected chi connectivity index (χ3v) is 4.97. The molecule has 0 fully saturated rings. The molecule has 1 N–H and O–H groups in total. The van der Waals surface area contributed by atoms with Gasteiger partial charge in [-0.05, 0) is 50.6 Å². The van der Waals surface area contributed by atoms with Crippen LogP contribution >= 0.6 is 11.6 Å². The predicted molar refractivity (Wildman–Crippen MR) is 116 cm³/mol. The van der Waals surface area contributed by atoms with Gasteiger partial charge in [0.1, 0.15) is 18.1 Å². The number of aromatic nitrogens is 1. The number of anilines is 1. The van der Waals surface area contributed by atoms with Crippen LogP contribution in [0.4, 0.5) is 5.69 Å². The molecule has 0 aliphatic carbocycles. The van der Waals surface area contributed by atoms with E-state index in [1.807, 2.05) is 13.8 Å². The Morgan fingerprint density at radius 2 is 1.84 bits per heavy atom. The van der Waals surface area contributed by atoms with Gasteiger partial charge in [0.15, 0.2) is 6.10 Å². The Hall–Kier alpha value is -3.32. The highest BCUT2D eigenvalue weighted by atomic mass is 35.5. The zero-order valence-corrected chi connectivity index (χ0v) is 18.2. The second-order valence-corrected chi connectivity index (χ2v) is 7.42. The zero-order chi connectivity index (χ0) is 22.4. The first-order valence-corrected chi connectivity index (χ1v) is 10.1. The Kier molecular flexibility index (Phi) is 7.31. The quantitative estimate of drug-likeness (QED) is 0.511. The second-order valence-electron chi connectivity index (χ2n) is 7.01. The molecule has 31 heavy (non-hydrogen) atoms. The molecule has 0 aliphatic heterocycles. The van der Waals surface area contributed by atoms with Crippen LogP contribution in [0.25, 0.3) is 0 Å². The number of aryl methyl sites for hydroxylation is 2. The molecule has 0 saturated carbocycles. The van der Waals surface area contributed by atoms with Gasteiger partial charge < -0.3 is 19.3 Å². The van der Waals surface area contributed by atoms with Crippen molar-refractivity contribution in [1.29, 1.82) is 0 Å². The molecular formula is C23H23ClN2O5. The van der Waals surface area contributed by atoms with Gasteiger partial charge in [0.2, 0.25) is 0 Å². The van der Waals surface area contributed by atoms with Gasteiger partial charge in [-0.2, -0.15) is 0 Å². The summed E-state index contributed by atoms with van der Waals surface area (Å²) in [5.41, 5.74) is 2.92. The van der Waals surface area contributed by atoms with Crippen LogP contribution in [0.2, 0.25) is 5.02 Å². The van der Waals surface area contributed by atoms with E-state index in [1.54, 1.807) is 48.5 Å². The van der Waals surface area contributed by atoms with Crippen LogP contribution in [0, 0.1) is 13.8 Å². The average molecular weight is 443 g/mol. The number of nitrogens with one attached hydrogen (secondary N) is 1. The molecule has 8 heteroatoms. The standard InChI is InChI=1S/C23H23ClN2O5/c1-14-19(15(2)31-26-14)13-29-18-10-8-17(9-11-18)12-22(27)30-16(3)23(28)25-21-7-5-4-6-20(21)24/h4-11,16H,12-13H2,1-3H3,(H,25,28). The van der Waals surface area contributed by atoms with Gasteiger partial charge in [-0.15, -0.1) is 0 Å². The Balaban J connectivity index is 1.48. The lowest BCUT2D eigenvalue weighted by atomic mass is 10.1. The van der Waals surface area contributed by atoms with Crippen molar-refractivity contribution in [1.82, 2.24) is 5.16 Å². The van der Waals surface area contributed by atoms with Crippen molar-refractivity contribution in [3.8, 4) is 5.75 Å². The predicted octanol–water partition coefficient (Wildman–Crippen LogP) is 4.64. The maximum absolute atomic E-state index is 12.2. The third kappa shape index (κ3) is 6.08. The van der Waals surface area contributed by atoms with E-state index in [9.17, 15) is 9.59 Å². The number of amides is 1. The number of carbonyl (C=O) groups is 2. The number of benzene rings is 2. The molecule has 1 atom stereocenters. The van der Waals surface area contributed by atoms with Crippen LogP contribution in [0.15, 0.2) is 53.1 Å². The minimum absolute atomic E-state index is 0.0356. The molecule has 1 aromatic heterocycles. The minimum Gasteiger partial charge on any atom is -0.489 e. The van der Waals surface area contributed by atoms with E-state index in [0.29, 0.717) is 23.1 Å². The normalized spacial score (nSPS) is 11.6. The van der Waals surface area contributed by atoms with E-state index in [0.717, 1.165) is 22.6 Å². The van der Waals surface area contributed by atoms with Crippen LogP contribution < -0.4 is 10.1 Å². The topological polar surface area (TPSA) is 90.7 Å². The number of halogens is 1. The maximum atomic E-state index is 12.2. The molecule has 162 valence electrons. The van der Waals surface area contributed by atoms with Crippen LogP contribution in [0.5, 0.6) is 5.75 Å². The Labute approximate surface area is 185 Å². The van der Waals surface area contributed by atoms with Gasteiger partial charge >= 0.3 is 5.97 Å². The SMILES string of the molecule is Cc1noc(C)c1COc1ccc(CC(=O)OC(C)C(=O)Nc2ccccc2Cl)cc1. The number of hydrogen-bond acceptors (Lipinski definition) is 6. The highest BCUT2D eigenvalue weighted by Gasteiger charge is 2.19. The molecule has 0 bridgehead atoms. The van der Waals surface area contributed by atoms with Crippen LogP contribution in [-0.2, 0) is 27.4 Å². The molecule has 3 aromatic rings. The van der Waals surface area contributed by atoms with Gasteiger partial charge in [-0.1, -0.05) is 41.0 Å². The van der Waals surface area contributed by atoms with Gasteiger partial charge in [-0.25, -0.2) is 0 Å². The first-order valence-electron chi connectivity index (χ1n) is 9.72. The molecule has 0 spiro atoms. The van der Waals surface area contributed by atoms with Crippen molar-refractivity contribution in [2.45, 2.75) is 39.9 Å². The van der Waals surface area contributed by atoms with Crippen molar-refractivity contribution in [3.63, 3.8) is 0 Å². The lowest BCUT2D eigenvalue weighted by Gasteiger charge is -2.14. The number of rotatable bonds is 8. The van der Waals surface area contributed by atoms with Crippen molar-refractivity contribution in [2.75, 3.05) is 5.32 Å². The van der Waals surface area contributed by atoms with Crippen molar-refractivity contribution >= 4 is 29.2 Å². The average Bonchev–Trinajstić information content (AvgIpc) is 3.06. The summed E-state index contributed by atoms with van der Waals surface area (Å²) in [6.45, 7) is 5.55. The summed E-state index contributed by atoms with van der Waals surface area (Å²) in [6.07, 6.45) is -0.921. The first-order chi connectivity index (χ1) is 14.8. The molecule has 1 unspecified atom stereocenters. The zero-order valence-electron chi connectivity index (χ0n) is 17.5. The number of nitrogens with zero attached hydrogens (tertiary/aromatic N) is 1. The summed E-state index contributed by atoms with van der Waals surface area (Å²) < 4.78 is 16.1. The fraction of sp³-hybridized carbons (Fsp3) is 0.261. The maximum Gasteiger partial charge on any atom is 0.311 e. The summed E-state index contributed by atoms with van der Waals surface area (Å²) >= 11 is 6.03. The van der Waals surface area contributed by atoms with Gasteiger partial charge in [0.25, 0.3) is 5.91 Å². The minimum atomic E-state index is -0.957. The highest BCUT2D eigenvalue weighted by Crippen LogP contribution is 2.21. The van der Waals surface area contributed by atoms with Crippen LogP contribution in [-0.4, -0.2) is 23.1 Å². The first kappa shape index (κ1) is 22.4. The molecule has 3 rings (SSSR count). The van der Waals surface area contributed by atoms with Crippen LogP contribution in [0.3, 0.4) is 0 Å². The third-order valence-electron chi connectivity index (χ3n) is 4.65. The molecule has 1 amide bonds. The summed E-state index contributed by atoms with van der Waals surface area (Å²) in [5.74, 6) is 0.421. The van der Waals surface area contributed by atoms with E-state index in [-0.39, 0.29) is 6.42 Å². The van der Waals surface area contributed by atoms with Crippen molar-refractivity contribution in [2.24, 2.45) is 0 Å². The molecule has 0 radical (unpaired) electrons.